The number of ketones is 1. The van der Waals surface area contributed by atoms with E-state index in [-0.39, 0.29) is 17.0 Å². The molecule has 0 saturated heterocycles. The Morgan fingerprint density at radius 2 is 1.80 bits per heavy atom. The molecule has 0 atom stereocenters. The quantitative estimate of drug-likeness (QED) is 0.670. The fraction of sp³-hybridized carbons (Fsp3) is 0.133. The summed E-state index contributed by atoms with van der Waals surface area (Å²) in [5.74, 6) is -0.389. The molecule has 20 heavy (non-hydrogen) atoms. The summed E-state index contributed by atoms with van der Waals surface area (Å²) in [5.41, 5.74) is 5.90. The maximum Gasteiger partial charge on any atom is 0.416 e. The van der Waals surface area contributed by atoms with Gasteiger partial charge in [0, 0.05) is 16.8 Å². The van der Waals surface area contributed by atoms with Crippen LogP contribution in [0.1, 0.15) is 27.0 Å². The molecule has 5 heteroatoms. The van der Waals surface area contributed by atoms with Crippen molar-refractivity contribution in [1.82, 2.24) is 0 Å². The molecule has 0 amide bonds. The number of nitrogen functional groups attached to an aromatic ring is 1. The highest BCUT2D eigenvalue weighted by molar-refractivity contribution is 6.12. The van der Waals surface area contributed by atoms with E-state index in [0.29, 0.717) is 5.56 Å². The van der Waals surface area contributed by atoms with E-state index in [9.17, 15) is 18.0 Å². The Balaban J connectivity index is 2.41. The van der Waals surface area contributed by atoms with Crippen LogP contribution in [0.5, 0.6) is 0 Å². The van der Waals surface area contributed by atoms with E-state index in [0.717, 1.165) is 23.8 Å². The third kappa shape index (κ3) is 2.82. The predicted molar refractivity (Wildman–Crippen MR) is 70.5 cm³/mol. The third-order valence-corrected chi connectivity index (χ3v) is 2.90. The zero-order valence-corrected chi connectivity index (χ0v) is 10.7. The average Bonchev–Trinajstić information content (AvgIpc) is 2.36. The Kier molecular flexibility index (Phi) is 3.53. The van der Waals surface area contributed by atoms with E-state index in [4.69, 9.17) is 5.73 Å². The number of rotatable bonds is 2. The molecule has 2 nitrogen and oxygen atoms in total. The molecule has 0 saturated carbocycles. The number of halogens is 3. The second-order valence-electron chi connectivity index (χ2n) is 4.50. The number of alkyl halides is 3. The Hall–Kier alpha value is -2.30. The smallest absolute Gasteiger partial charge is 0.398 e. The van der Waals surface area contributed by atoms with E-state index in [1.807, 2.05) is 13.0 Å². The first-order valence-corrected chi connectivity index (χ1v) is 5.87. The van der Waals surface area contributed by atoms with Crippen molar-refractivity contribution >= 4 is 11.5 Å². The number of anilines is 1. The molecule has 2 N–H and O–H groups in total. The van der Waals surface area contributed by atoms with Crippen LogP contribution in [-0.2, 0) is 6.18 Å². The van der Waals surface area contributed by atoms with Crippen LogP contribution in [0, 0.1) is 6.92 Å². The number of benzene rings is 2. The first kappa shape index (κ1) is 14.1. The maximum atomic E-state index is 12.5. The molecule has 0 aliphatic heterocycles. The summed E-state index contributed by atoms with van der Waals surface area (Å²) >= 11 is 0. The summed E-state index contributed by atoms with van der Waals surface area (Å²) in [4.78, 5) is 12.2. The lowest BCUT2D eigenvalue weighted by Gasteiger charge is -2.10. The Labute approximate surface area is 114 Å². The largest absolute Gasteiger partial charge is 0.416 e. The summed E-state index contributed by atoms with van der Waals surface area (Å²) < 4.78 is 37.6. The lowest BCUT2D eigenvalue weighted by molar-refractivity contribution is -0.137. The molecule has 0 spiro atoms. The molecule has 0 radical (unpaired) electrons. The van der Waals surface area contributed by atoms with Crippen LogP contribution >= 0.6 is 0 Å². The van der Waals surface area contributed by atoms with Gasteiger partial charge in [0.15, 0.2) is 5.78 Å². The number of aryl methyl sites for hydroxylation is 1. The van der Waals surface area contributed by atoms with Crippen molar-refractivity contribution in [3.8, 4) is 0 Å². The Bertz CT molecular complexity index is 662. The molecule has 0 heterocycles. The topological polar surface area (TPSA) is 43.1 Å². The zero-order valence-electron chi connectivity index (χ0n) is 10.7. The number of hydrogen-bond acceptors (Lipinski definition) is 2. The van der Waals surface area contributed by atoms with Gasteiger partial charge in [0.1, 0.15) is 0 Å². The molecule has 0 unspecified atom stereocenters. The number of hydrogen-bond donors (Lipinski definition) is 1. The molecule has 0 aliphatic rings. The average molecular weight is 279 g/mol. The standard InChI is InChI=1S/C15H12F3NO/c1-9-3-2-4-10(7-9)14(20)12-6-5-11(8-13(12)19)15(16,17)18/h2-8H,19H2,1H3. The second-order valence-corrected chi connectivity index (χ2v) is 4.50. The van der Waals surface area contributed by atoms with Crippen molar-refractivity contribution in [2.24, 2.45) is 0 Å². The summed E-state index contributed by atoms with van der Waals surface area (Å²) in [7, 11) is 0. The van der Waals surface area contributed by atoms with Crippen LogP contribution in [0.25, 0.3) is 0 Å². The highest BCUT2D eigenvalue weighted by Crippen LogP contribution is 2.31. The minimum Gasteiger partial charge on any atom is -0.398 e. The van der Waals surface area contributed by atoms with Gasteiger partial charge in [-0.1, -0.05) is 23.8 Å². The van der Waals surface area contributed by atoms with Crippen molar-refractivity contribution in [2.45, 2.75) is 13.1 Å². The van der Waals surface area contributed by atoms with Crippen LogP contribution in [0.15, 0.2) is 42.5 Å². The van der Waals surface area contributed by atoms with Crippen LogP contribution in [0.2, 0.25) is 0 Å². The third-order valence-electron chi connectivity index (χ3n) is 2.90. The van der Waals surface area contributed by atoms with Crippen molar-refractivity contribution in [3.63, 3.8) is 0 Å². The molecule has 2 aromatic rings. The van der Waals surface area contributed by atoms with Gasteiger partial charge >= 0.3 is 6.18 Å². The lowest BCUT2D eigenvalue weighted by atomic mass is 9.99. The molecule has 0 bridgehead atoms. The van der Waals surface area contributed by atoms with Crippen LogP contribution in [0.4, 0.5) is 18.9 Å². The minimum atomic E-state index is -4.47. The maximum absolute atomic E-state index is 12.5. The minimum absolute atomic E-state index is 0.0728. The monoisotopic (exact) mass is 279 g/mol. The fourth-order valence-corrected chi connectivity index (χ4v) is 1.89. The fourth-order valence-electron chi connectivity index (χ4n) is 1.89. The van der Waals surface area contributed by atoms with Crippen molar-refractivity contribution < 1.29 is 18.0 Å². The summed E-state index contributed by atoms with van der Waals surface area (Å²) in [6.07, 6.45) is -4.47. The van der Waals surface area contributed by atoms with Gasteiger partial charge in [-0.25, -0.2) is 0 Å². The summed E-state index contributed by atoms with van der Waals surface area (Å²) in [6, 6.07) is 9.56. The van der Waals surface area contributed by atoms with Gasteiger partial charge in [-0.15, -0.1) is 0 Å². The number of carbonyl (C=O) groups excluding carboxylic acids is 1. The highest BCUT2D eigenvalue weighted by Gasteiger charge is 2.31. The van der Waals surface area contributed by atoms with Gasteiger partial charge in [-0.05, 0) is 31.2 Å². The van der Waals surface area contributed by atoms with E-state index < -0.39 is 11.7 Å². The number of carbonyl (C=O) groups is 1. The van der Waals surface area contributed by atoms with Crippen molar-refractivity contribution in [1.29, 1.82) is 0 Å². The molecular formula is C15H12F3NO. The predicted octanol–water partition coefficient (Wildman–Crippen LogP) is 3.83. The van der Waals surface area contributed by atoms with Gasteiger partial charge in [-0.2, -0.15) is 13.2 Å². The van der Waals surface area contributed by atoms with E-state index in [1.165, 1.54) is 0 Å². The lowest BCUT2D eigenvalue weighted by Crippen LogP contribution is -2.10. The summed E-state index contributed by atoms with van der Waals surface area (Å²) in [5, 5.41) is 0. The normalized spacial score (nSPS) is 11.4. The first-order chi connectivity index (χ1) is 9.29. The van der Waals surface area contributed by atoms with E-state index >= 15 is 0 Å². The van der Waals surface area contributed by atoms with Gasteiger partial charge in [0.25, 0.3) is 0 Å². The van der Waals surface area contributed by atoms with E-state index in [2.05, 4.69) is 0 Å². The molecule has 0 aromatic heterocycles. The molecule has 2 rings (SSSR count). The molecule has 0 fully saturated rings. The number of nitrogens with two attached hydrogens (primary N) is 1. The van der Waals surface area contributed by atoms with Crippen LogP contribution in [-0.4, -0.2) is 5.78 Å². The molecule has 2 aromatic carbocycles. The molecular weight excluding hydrogens is 267 g/mol. The molecule has 0 aliphatic carbocycles. The van der Waals surface area contributed by atoms with Crippen molar-refractivity contribution in [2.75, 3.05) is 5.73 Å². The highest BCUT2D eigenvalue weighted by atomic mass is 19.4. The van der Waals surface area contributed by atoms with Gasteiger partial charge in [0.2, 0.25) is 0 Å². The Morgan fingerprint density at radius 1 is 1.10 bits per heavy atom. The van der Waals surface area contributed by atoms with Gasteiger partial charge < -0.3 is 5.73 Å². The SMILES string of the molecule is Cc1cccc(C(=O)c2ccc(C(F)(F)F)cc2N)c1. The molecule has 104 valence electrons. The van der Waals surface area contributed by atoms with Gasteiger partial charge in [0.05, 0.1) is 5.56 Å². The van der Waals surface area contributed by atoms with Crippen LogP contribution in [0.3, 0.4) is 0 Å². The van der Waals surface area contributed by atoms with Crippen LogP contribution < -0.4 is 5.73 Å². The van der Waals surface area contributed by atoms with Gasteiger partial charge in [-0.3, -0.25) is 4.79 Å². The van der Waals surface area contributed by atoms with Crippen molar-refractivity contribution in [3.05, 3.63) is 64.7 Å². The zero-order chi connectivity index (χ0) is 14.9. The van der Waals surface area contributed by atoms with E-state index in [1.54, 1.807) is 18.2 Å². The second kappa shape index (κ2) is 5.00. The summed E-state index contributed by atoms with van der Waals surface area (Å²) in [6.45, 7) is 1.83. The Morgan fingerprint density at radius 3 is 2.35 bits per heavy atom. The first-order valence-electron chi connectivity index (χ1n) is 5.87.